The first-order chi connectivity index (χ1) is 25.6. The van der Waals surface area contributed by atoms with E-state index in [4.69, 9.17) is 16.3 Å². The number of hydrogen-bond donors (Lipinski definition) is 2. The lowest BCUT2D eigenvalue weighted by Gasteiger charge is -2.50. The van der Waals surface area contributed by atoms with Crippen molar-refractivity contribution in [1.82, 2.24) is 5.01 Å². The number of anilines is 2. The Morgan fingerprint density at radius 1 is 0.887 bits per heavy atom. The Kier molecular flexibility index (Phi) is 8.60. The molecule has 9 nitrogen and oxygen atoms in total. The van der Waals surface area contributed by atoms with E-state index in [9.17, 15) is 23.9 Å². The molecular formula is C42H37ClFN3O6. The molecule has 8 rings (SSSR count). The van der Waals surface area contributed by atoms with Crippen molar-refractivity contribution < 1.29 is 33.4 Å². The molecule has 0 unspecified atom stereocenters. The van der Waals surface area contributed by atoms with Crippen molar-refractivity contribution in [2.24, 2.45) is 23.7 Å². The molecule has 3 fully saturated rings. The number of carbonyl (C=O) groups is 4. The van der Waals surface area contributed by atoms with Crippen LogP contribution in [0.15, 0.2) is 103 Å². The SMILES string of the molecule is CCOc1cccc([C@H]2C3=CC[C@@H]4C(=O)N(c5ccc(CC)cc5)C(=O)[C@@H]4[C@@H]3C[C@H]3C(=O)N(Nc4ccc(F)cc4)C(=O)[C@@]23c2ccc(Cl)cc2)c1O. The third-order valence-electron chi connectivity index (χ3n) is 11.5. The van der Waals surface area contributed by atoms with Crippen LogP contribution in [0, 0.1) is 29.5 Å². The zero-order chi connectivity index (χ0) is 37.2. The molecule has 2 heterocycles. The van der Waals surface area contributed by atoms with E-state index >= 15 is 4.79 Å². The van der Waals surface area contributed by atoms with E-state index in [1.54, 1.807) is 61.5 Å². The normalized spacial score (nSPS) is 26.3. The third-order valence-corrected chi connectivity index (χ3v) is 11.8. The van der Waals surface area contributed by atoms with E-state index in [1.165, 1.54) is 29.2 Å². The van der Waals surface area contributed by atoms with Crippen molar-refractivity contribution in [1.29, 1.82) is 0 Å². The van der Waals surface area contributed by atoms with Gasteiger partial charge in [-0.25, -0.2) is 4.39 Å². The molecule has 2 saturated heterocycles. The molecule has 6 atom stereocenters. The van der Waals surface area contributed by atoms with Crippen molar-refractivity contribution in [3.8, 4) is 11.5 Å². The van der Waals surface area contributed by atoms with Crippen LogP contribution in [0.2, 0.25) is 5.02 Å². The first-order valence-electron chi connectivity index (χ1n) is 17.9. The summed E-state index contributed by atoms with van der Waals surface area (Å²) in [6.45, 7) is 4.08. The summed E-state index contributed by atoms with van der Waals surface area (Å²) in [6.07, 6.45) is 3.04. The summed E-state index contributed by atoms with van der Waals surface area (Å²) in [6, 6.07) is 24.5. The summed E-state index contributed by atoms with van der Waals surface area (Å²) in [5.74, 6) is -6.39. The van der Waals surface area contributed by atoms with E-state index in [1.807, 2.05) is 25.1 Å². The minimum Gasteiger partial charge on any atom is -0.504 e. The number of carbonyl (C=O) groups excluding carboxylic acids is 4. The van der Waals surface area contributed by atoms with Crippen LogP contribution in [0.4, 0.5) is 15.8 Å². The molecule has 4 amide bonds. The number of aromatic hydroxyl groups is 1. The molecule has 53 heavy (non-hydrogen) atoms. The lowest BCUT2D eigenvalue weighted by Crippen LogP contribution is -2.53. The average molecular weight is 734 g/mol. The van der Waals surface area contributed by atoms with Gasteiger partial charge in [0, 0.05) is 16.5 Å². The summed E-state index contributed by atoms with van der Waals surface area (Å²) in [4.78, 5) is 60.0. The van der Waals surface area contributed by atoms with Crippen LogP contribution in [-0.2, 0) is 31.0 Å². The monoisotopic (exact) mass is 733 g/mol. The fraction of sp³-hybridized carbons (Fsp3) is 0.286. The van der Waals surface area contributed by atoms with E-state index < -0.39 is 52.6 Å². The highest BCUT2D eigenvalue weighted by Crippen LogP contribution is 2.65. The molecule has 4 aromatic rings. The van der Waals surface area contributed by atoms with Crippen LogP contribution in [0.5, 0.6) is 11.5 Å². The number of fused-ring (bicyclic) bond motifs is 4. The number of halogens is 2. The van der Waals surface area contributed by atoms with Crippen LogP contribution < -0.4 is 15.1 Å². The number of benzene rings is 4. The minimum absolute atomic E-state index is 0.0752. The van der Waals surface area contributed by atoms with Gasteiger partial charge < -0.3 is 9.84 Å². The Morgan fingerprint density at radius 3 is 2.28 bits per heavy atom. The standard InChI is InChI=1S/C42H37ClFN3O6/c1-3-23-8-18-28(19-9-23)46-38(49)30-21-20-29-32(35(30)40(46)51)22-33-39(50)47(45-27-16-14-26(44)15-17-27)41(52)42(33,24-10-12-25(43)13-11-24)36(29)31-6-5-7-34(37(31)48)53-4-2/h5-20,30,32-33,35-36,45,48H,3-4,21-22H2,1-2H3/t30-,32+,33-,35-,36+,42+/m0/s1. The zero-order valence-electron chi connectivity index (χ0n) is 29.1. The van der Waals surface area contributed by atoms with E-state index in [0.717, 1.165) is 17.0 Å². The Hall–Kier alpha value is -5.48. The summed E-state index contributed by atoms with van der Waals surface area (Å²) < 4.78 is 19.7. The quantitative estimate of drug-likeness (QED) is 0.144. The Labute approximate surface area is 311 Å². The maximum Gasteiger partial charge on any atom is 0.260 e. The van der Waals surface area contributed by atoms with Gasteiger partial charge in [0.25, 0.3) is 11.8 Å². The van der Waals surface area contributed by atoms with Gasteiger partial charge in [-0.05, 0) is 97.8 Å². The highest BCUT2D eigenvalue weighted by molar-refractivity contribution is 6.30. The van der Waals surface area contributed by atoms with Gasteiger partial charge in [0.1, 0.15) is 5.82 Å². The molecule has 4 aromatic carbocycles. The van der Waals surface area contributed by atoms with Crippen molar-refractivity contribution in [3.63, 3.8) is 0 Å². The molecule has 270 valence electrons. The summed E-state index contributed by atoms with van der Waals surface area (Å²) in [5, 5.41) is 13.3. The number of rotatable bonds is 8. The van der Waals surface area contributed by atoms with Crippen LogP contribution in [-0.4, -0.2) is 40.4 Å². The molecule has 0 aromatic heterocycles. The molecule has 2 aliphatic heterocycles. The van der Waals surface area contributed by atoms with E-state index in [0.29, 0.717) is 33.1 Å². The number of hydrazine groups is 1. The largest absolute Gasteiger partial charge is 0.504 e. The number of para-hydroxylation sites is 1. The Balaban J connectivity index is 1.33. The van der Waals surface area contributed by atoms with Crippen LogP contribution in [0.1, 0.15) is 49.3 Å². The lowest BCUT2D eigenvalue weighted by molar-refractivity contribution is -0.138. The maximum absolute atomic E-state index is 15.3. The number of imide groups is 2. The first kappa shape index (κ1) is 34.6. The number of ether oxygens (including phenoxy) is 1. The Morgan fingerprint density at radius 2 is 1.60 bits per heavy atom. The van der Waals surface area contributed by atoms with Gasteiger partial charge in [-0.2, -0.15) is 5.01 Å². The van der Waals surface area contributed by atoms with Crippen molar-refractivity contribution >= 4 is 46.6 Å². The van der Waals surface area contributed by atoms with Crippen LogP contribution >= 0.6 is 11.6 Å². The third kappa shape index (κ3) is 5.25. The molecule has 2 N–H and O–H groups in total. The van der Waals surface area contributed by atoms with Gasteiger partial charge in [-0.15, -0.1) is 0 Å². The smallest absolute Gasteiger partial charge is 0.260 e. The number of hydrogen-bond acceptors (Lipinski definition) is 7. The van der Waals surface area contributed by atoms with Crippen LogP contribution in [0.25, 0.3) is 0 Å². The number of phenols is 1. The van der Waals surface area contributed by atoms with Crippen molar-refractivity contribution in [2.45, 2.75) is 44.4 Å². The number of allylic oxidation sites excluding steroid dienone is 2. The highest BCUT2D eigenvalue weighted by atomic mass is 35.5. The molecule has 1 saturated carbocycles. The van der Waals surface area contributed by atoms with Crippen molar-refractivity contribution in [2.75, 3.05) is 16.9 Å². The van der Waals surface area contributed by atoms with Gasteiger partial charge in [-0.1, -0.05) is 66.6 Å². The summed E-state index contributed by atoms with van der Waals surface area (Å²) >= 11 is 6.37. The van der Waals surface area contributed by atoms with Gasteiger partial charge in [0.15, 0.2) is 11.5 Å². The number of nitrogens with one attached hydrogen (secondary N) is 1. The number of aryl methyl sites for hydroxylation is 1. The molecule has 11 heteroatoms. The van der Waals surface area contributed by atoms with Crippen molar-refractivity contribution in [3.05, 3.63) is 130 Å². The topological polar surface area (TPSA) is 116 Å². The molecule has 0 bridgehead atoms. The second kappa shape index (κ2) is 13.2. The van der Waals surface area contributed by atoms with Crippen LogP contribution in [0.3, 0.4) is 0 Å². The molecule has 0 spiro atoms. The number of nitrogens with zero attached hydrogens (tertiary/aromatic N) is 2. The second-order valence-electron chi connectivity index (χ2n) is 14.0. The molecule has 0 radical (unpaired) electrons. The summed E-state index contributed by atoms with van der Waals surface area (Å²) in [7, 11) is 0. The molecular weight excluding hydrogens is 697 g/mol. The Bertz CT molecular complexity index is 2170. The maximum atomic E-state index is 15.3. The first-order valence-corrected chi connectivity index (χ1v) is 18.3. The average Bonchev–Trinajstić information content (AvgIpc) is 3.54. The molecule has 4 aliphatic rings. The molecule has 2 aliphatic carbocycles. The number of amides is 4. The van der Waals surface area contributed by atoms with Gasteiger partial charge >= 0.3 is 0 Å². The highest BCUT2D eigenvalue weighted by Gasteiger charge is 2.70. The van der Waals surface area contributed by atoms with Gasteiger partial charge in [0.05, 0.1) is 41.2 Å². The fourth-order valence-electron chi connectivity index (χ4n) is 9.18. The van der Waals surface area contributed by atoms with Gasteiger partial charge in [-0.3, -0.25) is 29.5 Å². The van der Waals surface area contributed by atoms with E-state index in [-0.39, 0.29) is 42.8 Å². The second-order valence-corrected chi connectivity index (χ2v) is 14.5. The van der Waals surface area contributed by atoms with Gasteiger partial charge in [0.2, 0.25) is 11.8 Å². The predicted molar refractivity (Wildman–Crippen MR) is 197 cm³/mol. The minimum atomic E-state index is -1.63. The lowest BCUT2D eigenvalue weighted by atomic mass is 9.49. The fourth-order valence-corrected chi connectivity index (χ4v) is 9.31. The summed E-state index contributed by atoms with van der Waals surface area (Å²) in [5.41, 5.74) is 4.70. The zero-order valence-corrected chi connectivity index (χ0v) is 29.8. The van der Waals surface area contributed by atoms with E-state index in [2.05, 4.69) is 5.43 Å². The predicted octanol–water partition coefficient (Wildman–Crippen LogP) is 7.34. The number of phenolic OH excluding ortho intramolecular Hbond substituents is 1.